The molecule has 122 valence electrons. The number of carbonyl (C=O) groups is 2. The normalized spacial score (nSPS) is 17.1. The number of ether oxygens (including phenoxy) is 1. The van der Waals surface area contributed by atoms with E-state index in [0.29, 0.717) is 12.2 Å². The molecule has 1 aliphatic carbocycles. The molecule has 0 aliphatic heterocycles. The van der Waals surface area contributed by atoms with Crippen molar-refractivity contribution in [2.45, 2.75) is 64.8 Å². The fourth-order valence-corrected chi connectivity index (χ4v) is 3.57. The minimum absolute atomic E-state index is 0.102. The lowest BCUT2D eigenvalue weighted by atomic mass is 10.1. The van der Waals surface area contributed by atoms with Crippen molar-refractivity contribution in [3.05, 3.63) is 0 Å². The molecule has 0 saturated heterocycles. The van der Waals surface area contributed by atoms with E-state index in [1.807, 2.05) is 0 Å². The molecule has 0 spiro atoms. The molecule has 0 aromatic heterocycles. The van der Waals surface area contributed by atoms with Crippen LogP contribution in [0.4, 0.5) is 0 Å². The molecule has 0 bridgehead atoms. The Morgan fingerprint density at radius 3 is 2.62 bits per heavy atom. The van der Waals surface area contributed by atoms with Crippen LogP contribution in [-0.4, -0.2) is 36.5 Å². The molecule has 21 heavy (non-hydrogen) atoms. The lowest BCUT2D eigenvalue weighted by Gasteiger charge is -2.15. The highest BCUT2D eigenvalue weighted by Gasteiger charge is 2.44. The van der Waals surface area contributed by atoms with Gasteiger partial charge in [0.25, 0.3) is 0 Å². The number of amides is 1. The summed E-state index contributed by atoms with van der Waals surface area (Å²) in [6.45, 7) is 4.25. The molecule has 1 saturated carbocycles. The first-order valence-corrected chi connectivity index (χ1v) is 9.11. The highest BCUT2D eigenvalue weighted by molar-refractivity contribution is 7.99. The smallest absolute Gasteiger partial charge is 0.306 e. The van der Waals surface area contributed by atoms with Crippen molar-refractivity contribution >= 4 is 23.6 Å². The maximum atomic E-state index is 11.8. The number of rotatable bonds is 11. The lowest BCUT2D eigenvalue weighted by Crippen LogP contribution is -2.34. The van der Waals surface area contributed by atoms with Gasteiger partial charge in [-0.3, -0.25) is 9.59 Å². The maximum absolute atomic E-state index is 11.8. The largest absolute Gasteiger partial charge is 0.469 e. The lowest BCUT2D eigenvalue weighted by molar-refractivity contribution is -0.141. The molecular formula is C16H29NO3S. The Bertz CT molecular complexity index is 342. The van der Waals surface area contributed by atoms with Gasteiger partial charge in [-0.25, -0.2) is 0 Å². The molecule has 1 aliphatic rings. The summed E-state index contributed by atoms with van der Waals surface area (Å²) < 4.78 is 4.73. The van der Waals surface area contributed by atoms with E-state index in [9.17, 15) is 9.59 Å². The predicted molar refractivity (Wildman–Crippen MR) is 87.4 cm³/mol. The Kier molecular flexibility index (Phi) is 8.15. The summed E-state index contributed by atoms with van der Waals surface area (Å²) in [4.78, 5) is 23.2. The zero-order valence-corrected chi connectivity index (χ0v) is 14.4. The first kappa shape index (κ1) is 18.3. The van der Waals surface area contributed by atoms with Gasteiger partial charge in [0.05, 0.1) is 19.3 Å². The second-order valence-electron chi connectivity index (χ2n) is 6.21. The van der Waals surface area contributed by atoms with Crippen molar-refractivity contribution in [2.24, 2.45) is 5.41 Å². The number of hydrogen-bond donors (Lipinski definition) is 1. The van der Waals surface area contributed by atoms with Gasteiger partial charge >= 0.3 is 5.97 Å². The van der Waals surface area contributed by atoms with Crippen molar-refractivity contribution in [2.75, 3.05) is 18.6 Å². The van der Waals surface area contributed by atoms with Crippen LogP contribution in [0, 0.1) is 5.41 Å². The molecule has 1 unspecified atom stereocenters. The van der Waals surface area contributed by atoms with E-state index < -0.39 is 0 Å². The topological polar surface area (TPSA) is 55.4 Å². The Morgan fingerprint density at radius 2 is 2.05 bits per heavy atom. The molecule has 0 radical (unpaired) electrons. The highest BCUT2D eigenvalue weighted by Crippen LogP contribution is 2.51. The molecule has 1 rings (SSSR count). The summed E-state index contributed by atoms with van der Waals surface area (Å²) in [6, 6.07) is 0.259. The summed E-state index contributed by atoms with van der Waals surface area (Å²) in [6.07, 6.45) is 7.30. The fraction of sp³-hybridized carbons (Fsp3) is 0.875. The van der Waals surface area contributed by atoms with E-state index in [2.05, 4.69) is 19.2 Å². The van der Waals surface area contributed by atoms with Crippen molar-refractivity contribution in [3.63, 3.8) is 0 Å². The van der Waals surface area contributed by atoms with Crippen LogP contribution in [0.1, 0.15) is 58.8 Å². The number of hydrogen-bond acceptors (Lipinski definition) is 4. The fourth-order valence-electron chi connectivity index (χ4n) is 2.38. The van der Waals surface area contributed by atoms with Crippen LogP contribution in [0.25, 0.3) is 0 Å². The molecule has 0 aromatic carbocycles. The van der Waals surface area contributed by atoms with Gasteiger partial charge in [-0.1, -0.05) is 26.2 Å². The Hall–Kier alpha value is -0.710. The van der Waals surface area contributed by atoms with Crippen LogP contribution in [0.3, 0.4) is 0 Å². The van der Waals surface area contributed by atoms with Gasteiger partial charge < -0.3 is 10.1 Å². The maximum Gasteiger partial charge on any atom is 0.306 e. The number of carbonyl (C=O) groups excluding carboxylic acids is 2. The van der Waals surface area contributed by atoms with Gasteiger partial charge in [0.15, 0.2) is 0 Å². The molecule has 1 amide bonds. The third kappa shape index (κ3) is 7.74. The highest BCUT2D eigenvalue weighted by atomic mass is 32.2. The minimum atomic E-state index is -0.137. The number of methoxy groups -OCH3 is 1. The van der Waals surface area contributed by atoms with Crippen LogP contribution < -0.4 is 5.32 Å². The van der Waals surface area contributed by atoms with Crippen LogP contribution in [0.2, 0.25) is 0 Å². The Morgan fingerprint density at radius 1 is 1.33 bits per heavy atom. The molecule has 4 nitrogen and oxygen atoms in total. The quantitative estimate of drug-likeness (QED) is 0.470. The van der Waals surface area contributed by atoms with Gasteiger partial charge in [0, 0.05) is 6.04 Å². The molecule has 0 heterocycles. The van der Waals surface area contributed by atoms with Crippen LogP contribution >= 0.6 is 11.8 Å². The molecule has 0 aromatic rings. The predicted octanol–water partition coefficient (Wildman–Crippen LogP) is 3.15. The Labute approximate surface area is 132 Å². The standard InChI is InChI=1S/C16H29NO3S/c1-4-5-6-7-13(2)17-14(18)11-21-12-16(8-9-16)10-15(19)20-3/h13H,4-12H2,1-3H3,(H,17,18). The van der Waals surface area contributed by atoms with E-state index in [4.69, 9.17) is 4.74 Å². The number of thioether (sulfide) groups is 1. The summed E-state index contributed by atoms with van der Waals surface area (Å²) in [5.74, 6) is 1.33. The van der Waals surface area contributed by atoms with E-state index in [0.717, 1.165) is 25.0 Å². The molecule has 1 fully saturated rings. The van der Waals surface area contributed by atoms with E-state index in [1.54, 1.807) is 11.8 Å². The SMILES string of the molecule is CCCCCC(C)NC(=O)CSCC1(CC(=O)OC)CC1. The van der Waals surface area contributed by atoms with Gasteiger partial charge in [0.1, 0.15) is 0 Å². The zero-order valence-electron chi connectivity index (χ0n) is 13.6. The molecule has 5 heteroatoms. The number of esters is 1. The van der Waals surface area contributed by atoms with Gasteiger partial charge in [0.2, 0.25) is 5.91 Å². The number of unbranched alkanes of at least 4 members (excludes halogenated alkanes) is 2. The summed E-state index contributed by atoms with van der Waals surface area (Å²) >= 11 is 1.63. The zero-order chi connectivity index (χ0) is 15.7. The van der Waals surface area contributed by atoms with Crippen LogP contribution in [0.15, 0.2) is 0 Å². The summed E-state index contributed by atoms with van der Waals surface area (Å²) in [7, 11) is 1.43. The van der Waals surface area contributed by atoms with Crippen molar-refractivity contribution < 1.29 is 14.3 Å². The van der Waals surface area contributed by atoms with E-state index >= 15 is 0 Å². The van der Waals surface area contributed by atoms with Crippen molar-refractivity contribution in [1.29, 1.82) is 0 Å². The molecular weight excluding hydrogens is 286 g/mol. The van der Waals surface area contributed by atoms with Gasteiger partial charge in [-0.2, -0.15) is 11.8 Å². The number of nitrogens with one attached hydrogen (secondary N) is 1. The van der Waals surface area contributed by atoms with Gasteiger partial charge in [-0.05, 0) is 37.4 Å². The van der Waals surface area contributed by atoms with Crippen LogP contribution in [0.5, 0.6) is 0 Å². The van der Waals surface area contributed by atoms with Gasteiger partial charge in [-0.15, -0.1) is 0 Å². The average Bonchev–Trinajstić information content (AvgIpc) is 3.18. The third-order valence-electron chi connectivity index (χ3n) is 3.99. The van der Waals surface area contributed by atoms with E-state index in [-0.39, 0.29) is 23.3 Å². The second-order valence-corrected chi connectivity index (χ2v) is 7.20. The minimum Gasteiger partial charge on any atom is -0.469 e. The molecule has 1 atom stereocenters. The summed E-state index contributed by atoms with van der Waals surface area (Å²) in [5.41, 5.74) is 0.102. The first-order valence-electron chi connectivity index (χ1n) is 7.95. The molecule has 1 N–H and O–H groups in total. The summed E-state index contributed by atoms with van der Waals surface area (Å²) in [5, 5.41) is 3.05. The average molecular weight is 315 g/mol. The first-order chi connectivity index (χ1) is 10.0. The van der Waals surface area contributed by atoms with Crippen molar-refractivity contribution in [3.8, 4) is 0 Å². The monoisotopic (exact) mass is 315 g/mol. The van der Waals surface area contributed by atoms with Crippen LogP contribution in [-0.2, 0) is 14.3 Å². The Balaban J connectivity index is 2.12. The second kappa shape index (κ2) is 9.34. The van der Waals surface area contributed by atoms with E-state index in [1.165, 1.54) is 26.4 Å². The third-order valence-corrected chi connectivity index (χ3v) is 5.28. The van der Waals surface area contributed by atoms with Crippen molar-refractivity contribution in [1.82, 2.24) is 5.32 Å².